The van der Waals surface area contributed by atoms with Crippen molar-refractivity contribution < 1.29 is 19.5 Å². The molecular formula is C22H23N3O4. The summed E-state index contributed by atoms with van der Waals surface area (Å²) in [7, 11) is 0. The predicted molar refractivity (Wildman–Crippen MR) is 108 cm³/mol. The van der Waals surface area contributed by atoms with Crippen LogP contribution in [0.2, 0.25) is 0 Å². The smallest absolute Gasteiger partial charge is 0.306 e. The zero-order valence-corrected chi connectivity index (χ0v) is 16.0. The van der Waals surface area contributed by atoms with Crippen molar-refractivity contribution in [2.45, 2.75) is 32.1 Å². The van der Waals surface area contributed by atoms with E-state index in [0.717, 1.165) is 24.1 Å². The zero-order valence-electron chi connectivity index (χ0n) is 16.0. The maximum Gasteiger partial charge on any atom is 0.306 e. The van der Waals surface area contributed by atoms with Crippen molar-refractivity contribution >= 4 is 29.2 Å². The summed E-state index contributed by atoms with van der Waals surface area (Å²) >= 11 is 0. The lowest BCUT2D eigenvalue weighted by Crippen LogP contribution is -2.31. The lowest BCUT2D eigenvalue weighted by atomic mass is 9.81. The van der Waals surface area contributed by atoms with E-state index < -0.39 is 11.9 Å². The number of amides is 2. The quantitative estimate of drug-likeness (QED) is 0.831. The average Bonchev–Trinajstić information content (AvgIpc) is 3.17. The number of aliphatic carboxylic acids is 1. The molecule has 4 rings (SSSR count). The van der Waals surface area contributed by atoms with E-state index in [4.69, 9.17) is 0 Å². The number of aromatic nitrogens is 1. The number of rotatable bonds is 4. The largest absolute Gasteiger partial charge is 0.481 e. The van der Waals surface area contributed by atoms with E-state index in [1.807, 2.05) is 12.1 Å². The van der Waals surface area contributed by atoms with Gasteiger partial charge >= 0.3 is 5.97 Å². The average molecular weight is 393 g/mol. The van der Waals surface area contributed by atoms with Crippen molar-refractivity contribution in [2.24, 2.45) is 11.8 Å². The fourth-order valence-corrected chi connectivity index (χ4v) is 4.23. The van der Waals surface area contributed by atoms with Crippen molar-refractivity contribution in [3.8, 4) is 0 Å². The second kappa shape index (κ2) is 8.03. The number of hydrogen-bond donors (Lipinski definition) is 2. The Morgan fingerprint density at radius 1 is 1.14 bits per heavy atom. The number of fused-ring (bicyclic) bond motifs is 1. The van der Waals surface area contributed by atoms with E-state index in [2.05, 4.69) is 10.3 Å². The topological polar surface area (TPSA) is 99.6 Å². The minimum atomic E-state index is -0.821. The van der Waals surface area contributed by atoms with Crippen LogP contribution < -0.4 is 10.2 Å². The molecule has 2 amide bonds. The summed E-state index contributed by atoms with van der Waals surface area (Å²) in [4.78, 5) is 42.3. The lowest BCUT2D eigenvalue weighted by Gasteiger charge is -2.25. The van der Waals surface area contributed by atoms with Gasteiger partial charge in [-0.2, -0.15) is 0 Å². The molecule has 0 bridgehead atoms. The fraction of sp³-hybridized carbons (Fsp3) is 0.364. The number of nitrogens with zero attached hydrogens (tertiary/aromatic N) is 2. The van der Waals surface area contributed by atoms with Gasteiger partial charge in [0.1, 0.15) is 0 Å². The molecule has 150 valence electrons. The van der Waals surface area contributed by atoms with Crippen LogP contribution in [0.4, 0.5) is 11.4 Å². The molecule has 1 saturated carbocycles. The second-order valence-electron chi connectivity index (χ2n) is 7.68. The van der Waals surface area contributed by atoms with Gasteiger partial charge in [-0.15, -0.1) is 0 Å². The summed E-state index contributed by atoms with van der Waals surface area (Å²) < 4.78 is 0. The van der Waals surface area contributed by atoms with Crippen molar-refractivity contribution in [3.05, 3.63) is 53.9 Å². The Morgan fingerprint density at radius 2 is 1.97 bits per heavy atom. The molecule has 7 heteroatoms. The van der Waals surface area contributed by atoms with Crippen LogP contribution in [0.15, 0.2) is 42.7 Å². The third-order valence-corrected chi connectivity index (χ3v) is 5.79. The molecule has 7 nitrogen and oxygen atoms in total. The highest BCUT2D eigenvalue weighted by atomic mass is 16.4. The van der Waals surface area contributed by atoms with Crippen molar-refractivity contribution in [3.63, 3.8) is 0 Å². The van der Waals surface area contributed by atoms with Crippen LogP contribution in [0.3, 0.4) is 0 Å². The van der Waals surface area contributed by atoms with Crippen LogP contribution in [0.5, 0.6) is 0 Å². The van der Waals surface area contributed by atoms with Crippen LogP contribution in [0.1, 0.15) is 41.6 Å². The summed E-state index contributed by atoms with van der Waals surface area (Å²) in [6, 6.07) is 9.04. The number of hydrogen-bond acceptors (Lipinski definition) is 4. The number of anilines is 2. The van der Waals surface area contributed by atoms with Crippen LogP contribution in [0, 0.1) is 11.8 Å². The van der Waals surface area contributed by atoms with Gasteiger partial charge in [0.25, 0.3) is 5.91 Å². The van der Waals surface area contributed by atoms with Gasteiger partial charge in [-0.3, -0.25) is 19.4 Å². The molecule has 1 aromatic carbocycles. The van der Waals surface area contributed by atoms with E-state index in [1.54, 1.807) is 35.5 Å². The SMILES string of the molecule is O=C(O)C1CCCC(C(=O)Nc2ccc3c(c2)CCN3C(=O)c2cccnc2)C1. The molecule has 1 aliphatic carbocycles. The Kier molecular flexibility index (Phi) is 5.29. The molecule has 0 spiro atoms. The van der Waals surface area contributed by atoms with Gasteiger partial charge in [-0.25, -0.2) is 0 Å². The maximum atomic E-state index is 12.7. The first kappa shape index (κ1) is 19.1. The number of carbonyl (C=O) groups excluding carboxylic acids is 2. The van der Waals surface area contributed by atoms with Gasteiger partial charge in [0, 0.05) is 36.2 Å². The van der Waals surface area contributed by atoms with E-state index in [1.165, 1.54) is 0 Å². The summed E-state index contributed by atoms with van der Waals surface area (Å²) in [5.41, 5.74) is 3.08. The molecule has 1 aromatic heterocycles. The van der Waals surface area contributed by atoms with E-state index in [-0.39, 0.29) is 17.7 Å². The summed E-state index contributed by atoms with van der Waals surface area (Å²) in [5.74, 6) is -1.75. The summed E-state index contributed by atoms with van der Waals surface area (Å²) in [5, 5.41) is 12.1. The van der Waals surface area contributed by atoms with Gasteiger partial charge in [0.05, 0.1) is 11.5 Å². The van der Waals surface area contributed by atoms with Gasteiger partial charge in [-0.05, 0) is 61.6 Å². The minimum Gasteiger partial charge on any atom is -0.481 e. The number of benzene rings is 1. The van der Waals surface area contributed by atoms with Crippen LogP contribution >= 0.6 is 0 Å². The molecule has 2 N–H and O–H groups in total. The second-order valence-corrected chi connectivity index (χ2v) is 7.68. The van der Waals surface area contributed by atoms with E-state index >= 15 is 0 Å². The van der Waals surface area contributed by atoms with Crippen LogP contribution in [-0.2, 0) is 16.0 Å². The number of nitrogens with one attached hydrogen (secondary N) is 1. The Hall–Kier alpha value is -3.22. The first-order chi connectivity index (χ1) is 14.0. The number of pyridine rings is 1. The number of carbonyl (C=O) groups is 3. The molecule has 1 fully saturated rings. The molecule has 2 heterocycles. The highest BCUT2D eigenvalue weighted by Crippen LogP contribution is 2.33. The molecule has 2 aliphatic rings. The van der Waals surface area contributed by atoms with E-state index in [9.17, 15) is 19.5 Å². The Morgan fingerprint density at radius 3 is 2.72 bits per heavy atom. The first-order valence-electron chi connectivity index (χ1n) is 9.91. The number of carboxylic acids is 1. The third-order valence-electron chi connectivity index (χ3n) is 5.79. The summed E-state index contributed by atoms with van der Waals surface area (Å²) in [6.45, 7) is 0.587. The molecule has 2 aromatic rings. The van der Waals surface area contributed by atoms with E-state index in [0.29, 0.717) is 37.1 Å². The Labute approximate surface area is 168 Å². The predicted octanol–water partition coefficient (Wildman–Crippen LogP) is 3.11. The fourth-order valence-electron chi connectivity index (χ4n) is 4.23. The maximum absolute atomic E-state index is 12.7. The van der Waals surface area contributed by atoms with Gasteiger partial charge in [-0.1, -0.05) is 6.42 Å². The molecule has 29 heavy (non-hydrogen) atoms. The normalized spacial score (nSPS) is 20.8. The van der Waals surface area contributed by atoms with Crippen LogP contribution in [-0.4, -0.2) is 34.4 Å². The third kappa shape index (κ3) is 3.99. The lowest BCUT2D eigenvalue weighted by molar-refractivity contribution is -0.143. The van der Waals surface area contributed by atoms with Crippen LogP contribution in [0.25, 0.3) is 0 Å². The molecular weight excluding hydrogens is 370 g/mol. The standard InChI is InChI=1S/C22H23N3O4/c26-20(15-3-1-4-16(11-15)22(28)29)24-18-6-7-19-14(12-18)8-10-25(19)21(27)17-5-2-9-23-13-17/h2,5-7,9,12-13,15-16H,1,3-4,8,10-11H2,(H,24,26)(H,28,29). The molecule has 0 saturated heterocycles. The van der Waals surface area contributed by atoms with Crippen molar-refractivity contribution in [1.29, 1.82) is 0 Å². The Balaban J connectivity index is 1.45. The minimum absolute atomic E-state index is 0.0875. The summed E-state index contributed by atoms with van der Waals surface area (Å²) in [6.07, 6.45) is 6.41. The zero-order chi connectivity index (χ0) is 20.4. The van der Waals surface area contributed by atoms with Crippen molar-refractivity contribution in [1.82, 2.24) is 4.98 Å². The Bertz CT molecular complexity index is 944. The molecule has 2 atom stereocenters. The van der Waals surface area contributed by atoms with Crippen molar-refractivity contribution in [2.75, 3.05) is 16.8 Å². The monoisotopic (exact) mass is 393 g/mol. The molecule has 1 aliphatic heterocycles. The highest BCUT2D eigenvalue weighted by Gasteiger charge is 2.31. The molecule has 0 radical (unpaired) electrons. The van der Waals surface area contributed by atoms with Gasteiger partial charge in [0.2, 0.25) is 5.91 Å². The number of carboxylic acid groups (broad SMARTS) is 1. The van der Waals surface area contributed by atoms with Gasteiger partial charge in [0.15, 0.2) is 0 Å². The highest BCUT2D eigenvalue weighted by molar-refractivity contribution is 6.07. The van der Waals surface area contributed by atoms with Gasteiger partial charge < -0.3 is 15.3 Å². The first-order valence-corrected chi connectivity index (χ1v) is 9.91. The molecule has 2 unspecified atom stereocenters.